The number of para-hydroxylation sites is 1. The molecule has 10 heteroatoms. The van der Waals surface area contributed by atoms with Crippen LogP contribution in [-0.2, 0) is 19.6 Å². The number of amides is 1. The molecular weight excluding hydrogens is 412 g/mol. The van der Waals surface area contributed by atoms with Gasteiger partial charge < -0.3 is 19.5 Å². The molecule has 2 aromatic rings. The molecule has 0 fully saturated rings. The van der Waals surface area contributed by atoms with Gasteiger partial charge in [-0.3, -0.25) is 9.10 Å². The first kappa shape index (κ1) is 23.0. The summed E-state index contributed by atoms with van der Waals surface area (Å²) >= 11 is 0. The minimum atomic E-state index is -3.85. The molecule has 0 bridgehead atoms. The summed E-state index contributed by atoms with van der Waals surface area (Å²) in [7, 11) is 0.264. The first-order valence-electron chi connectivity index (χ1n) is 8.83. The van der Waals surface area contributed by atoms with Crippen molar-refractivity contribution >= 4 is 33.3 Å². The lowest BCUT2D eigenvalue weighted by Crippen LogP contribution is -2.45. The number of ether oxygens (including phenoxy) is 3. The highest BCUT2D eigenvalue weighted by Crippen LogP contribution is 2.33. The van der Waals surface area contributed by atoms with Gasteiger partial charge >= 0.3 is 5.97 Å². The van der Waals surface area contributed by atoms with Crippen molar-refractivity contribution in [2.45, 2.75) is 13.0 Å². The van der Waals surface area contributed by atoms with Crippen LogP contribution in [0.2, 0.25) is 0 Å². The van der Waals surface area contributed by atoms with Gasteiger partial charge in [0.1, 0.15) is 6.04 Å². The van der Waals surface area contributed by atoms with Crippen LogP contribution in [0.4, 0.5) is 11.4 Å². The summed E-state index contributed by atoms with van der Waals surface area (Å²) in [4.78, 5) is 24.8. The fourth-order valence-electron chi connectivity index (χ4n) is 2.89. The molecule has 0 aliphatic carbocycles. The summed E-state index contributed by atoms with van der Waals surface area (Å²) < 4.78 is 41.1. The zero-order valence-electron chi connectivity index (χ0n) is 17.3. The minimum absolute atomic E-state index is 0.151. The van der Waals surface area contributed by atoms with E-state index in [4.69, 9.17) is 14.2 Å². The molecule has 9 nitrogen and oxygen atoms in total. The lowest BCUT2D eigenvalue weighted by molar-refractivity contribution is -0.116. The number of nitrogens with one attached hydrogen (secondary N) is 1. The lowest BCUT2D eigenvalue weighted by atomic mass is 10.1. The number of rotatable bonds is 8. The first-order chi connectivity index (χ1) is 14.1. The van der Waals surface area contributed by atoms with E-state index in [-0.39, 0.29) is 16.9 Å². The zero-order chi connectivity index (χ0) is 22.5. The zero-order valence-corrected chi connectivity index (χ0v) is 18.1. The number of methoxy groups -OCH3 is 3. The number of hydrogen-bond donors (Lipinski definition) is 1. The highest BCUT2D eigenvalue weighted by Gasteiger charge is 2.30. The van der Waals surface area contributed by atoms with Crippen molar-refractivity contribution in [1.29, 1.82) is 0 Å². The predicted octanol–water partition coefficient (Wildman–Crippen LogP) is 2.28. The van der Waals surface area contributed by atoms with Gasteiger partial charge in [-0.2, -0.15) is 0 Å². The van der Waals surface area contributed by atoms with Crippen molar-refractivity contribution in [1.82, 2.24) is 0 Å². The SMILES string of the molecule is COC(=O)c1ccccc1NC(=O)[C@@H](C)N(c1ccc(OC)c(OC)c1)S(C)(=O)=O. The summed E-state index contributed by atoms with van der Waals surface area (Å²) in [6.45, 7) is 1.44. The van der Waals surface area contributed by atoms with Crippen molar-refractivity contribution in [3.05, 3.63) is 48.0 Å². The van der Waals surface area contributed by atoms with Crippen molar-refractivity contribution in [2.24, 2.45) is 0 Å². The molecule has 1 atom stereocenters. The van der Waals surface area contributed by atoms with Crippen molar-refractivity contribution in [3.8, 4) is 11.5 Å². The van der Waals surface area contributed by atoms with E-state index in [0.29, 0.717) is 11.5 Å². The Morgan fingerprint density at radius 2 is 1.63 bits per heavy atom. The Morgan fingerprint density at radius 1 is 1.00 bits per heavy atom. The molecule has 0 aliphatic heterocycles. The number of benzene rings is 2. The Bertz CT molecular complexity index is 1040. The molecule has 1 amide bonds. The van der Waals surface area contributed by atoms with Gasteiger partial charge in [0.2, 0.25) is 15.9 Å². The Hall–Kier alpha value is -3.27. The summed E-state index contributed by atoms with van der Waals surface area (Å²) in [6, 6.07) is 9.66. The Balaban J connectivity index is 2.41. The highest BCUT2D eigenvalue weighted by atomic mass is 32.2. The minimum Gasteiger partial charge on any atom is -0.493 e. The molecule has 0 aliphatic rings. The second-order valence-corrected chi connectivity index (χ2v) is 8.16. The summed E-state index contributed by atoms with van der Waals surface area (Å²) in [5.41, 5.74) is 0.582. The summed E-state index contributed by atoms with van der Waals surface area (Å²) in [6.07, 6.45) is 0.996. The Labute approximate surface area is 175 Å². The number of carbonyl (C=O) groups is 2. The molecule has 2 rings (SSSR count). The molecular formula is C20H24N2O7S. The van der Waals surface area contributed by atoms with Crippen LogP contribution in [0.15, 0.2) is 42.5 Å². The van der Waals surface area contributed by atoms with Gasteiger partial charge in [-0.25, -0.2) is 13.2 Å². The van der Waals surface area contributed by atoms with E-state index in [1.807, 2.05) is 0 Å². The van der Waals surface area contributed by atoms with Crippen LogP contribution in [0.3, 0.4) is 0 Å². The maximum Gasteiger partial charge on any atom is 0.339 e. The van der Waals surface area contributed by atoms with E-state index in [9.17, 15) is 18.0 Å². The predicted molar refractivity (Wildman–Crippen MR) is 113 cm³/mol. The third-order valence-corrected chi connectivity index (χ3v) is 5.54. The number of nitrogens with zero attached hydrogens (tertiary/aromatic N) is 1. The summed E-state index contributed by atoms with van der Waals surface area (Å²) in [5.74, 6) is -0.531. The van der Waals surface area contributed by atoms with Gasteiger partial charge in [0, 0.05) is 6.07 Å². The van der Waals surface area contributed by atoms with Crippen LogP contribution in [-0.4, -0.2) is 53.9 Å². The van der Waals surface area contributed by atoms with Crippen LogP contribution >= 0.6 is 0 Å². The van der Waals surface area contributed by atoms with E-state index in [1.165, 1.54) is 52.5 Å². The van der Waals surface area contributed by atoms with Gasteiger partial charge in [-0.05, 0) is 31.2 Å². The van der Waals surface area contributed by atoms with E-state index >= 15 is 0 Å². The van der Waals surface area contributed by atoms with Gasteiger partial charge in [-0.15, -0.1) is 0 Å². The number of hydrogen-bond acceptors (Lipinski definition) is 7. The molecule has 0 radical (unpaired) electrons. The van der Waals surface area contributed by atoms with Crippen molar-refractivity contribution < 1.29 is 32.2 Å². The Kier molecular flexibility index (Phi) is 7.28. The second kappa shape index (κ2) is 9.49. The maximum atomic E-state index is 12.9. The standard InChI is InChI=1S/C20H24N2O7S/c1-13(19(23)21-16-9-7-6-8-15(16)20(24)29-4)22(30(5,25)26)14-10-11-17(27-2)18(12-14)28-3/h6-13H,1-5H3,(H,21,23)/t13-/m1/s1. The monoisotopic (exact) mass is 436 g/mol. The van der Waals surface area contributed by atoms with E-state index < -0.39 is 27.9 Å². The smallest absolute Gasteiger partial charge is 0.339 e. The molecule has 0 saturated carbocycles. The lowest BCUT2D eigenvalue weighted by Gasteiger charge is -2.29. The fraction of sp³-hybridized carbons (Fsp3) is 0.300. The average molecular weight is 436 g/mol. The van der Waals surface area contributed by atoms with Crippen LogP contribution < -0.4 is 19.1 Å². The molecule has 0 heterocycles. The largest absolute Gasteiger partial charge is 0.493 e. The molecule has 0 unspecified atom stereocenters. The molecule has 0 spiro atoms. The number of anilines is 2. The first-order valence-corrected chi connectivity index (χ1v) is 10.7. The molecule has 1 N–H and O–H groups in total. The molecule has 30 heavy (non-hydrogen) atoms. The van der Waals surface area contributed by atoms with E-state index in [0.717, 1.165) is 10.6 Å². The third kappa shape index (κ3) is 5.01. The number of carbonyl (C=O) groups excluding carboxylic acids is 2. The highest BCUT2D eigenvalue weighted by molar-refractivity contribution is 7.92. The van der Waals surface area contributed by atoms with Gasteiger partial charge in [-0.1, -0.05) is 12.1 Å². The quantitative estimate of drug-likeness (QED) is 0.632. The summed E-state index contributed by atoms with van der Waals surface area (Å²) in [5, 5.41) is 2.60. The molecule has 0 saturated heterocycles. The third-order valence-electron chi connectivity index (χ3n) is 4.30. The van der Waals surface area contributed by atoms with Gasteiger partial charge in [0.15, 0.2) is 11.5 Å². The molecule has 162 valence electrons. The van der Waals surface area contributed by atoms with Crippen LogP contribution in [0.5, 0.6) is 11.5 Å². The fourth-order valence-corrected chi connectivity index (χ4v) is 4.05. The second-order valence-electron chi connectivity index (χ2n) is 6.30. The topological polar surface area (TPSA) is 111 Å². The van der Waals surface area contributed by atoms with Gasteiger partial charge in [0.05, 0.1) is 44.5 Å². The molecule has 2 aromatic carbocycles. The van der Waals surface area contributed by atoms with Crippen LogP contribution in [0.1, 0.15) is 17.3 Å². The van der Waals surface area contributed by atoms with E-state index in [2.05, 4.69) is 5.32 Å². The van der Waals surface area contributed by atoms with E-state index in [1.54, 1.807) is 18.2 Å². The van der Waals surface area contributed by atoms with Gasteiger partial charge in [0.25, 0.3) is 0 Å². The maximum absolute atomic E-state index is 12.9. The normalized spacial score (nSPS) is 11.9. The van der Waals surface area contributed by atoms with Crippen LogP contribution in [0.25, 0.3) is 0 Å². The number of esters is 1. The average Bonchev–Trinajstić information content (AvgIpc) is 2.72. The van der Waals surface area contributed by atoms with Crippen LogP contribution in [0, 0.1) is 0 Å². The number of sulfonamides is 1. The van der Waals surface area contributed by atoms with Crippen molar-refractivity contribution in [3.63, 3.8) is 0 Å². The molecule has 0 aromatic heterocycles. The van der Waals surface area contributed by atoms with Crippen molar-refractivity contribution in [2.75, 3.05) is 37.2 Å². The Morgan fingerprint density at radius 3 is 2.20 bits per heavy atom.